The molecule has 0 aliphatic carbocycles. The van der Waals surface area contributed by atoms with Gasteiger partial charge >= 0.3 is 0 Å². The highest BCUT2D eigenvalue weighted by Crippen LogP contribution is 2.35. The van der Waals surface area contributed by atoms with Gasteiger partial charge in [-0.05, 0) is 58.0 Å². The zero-order valence-electron chi connectivity index (χ0n) is 12.5. The summed E-state index contributed by atoms with van der Waals surface area (Å²) in [6, 6.07) is 8.84. The maximum atomic E-state index is 11.9. The van der Waals surface area contributed by atoms with Crippen LogP contribution in [0.4, 0.5) is 5.69 Å². The Morgan fingerprint density at radius 2 is 1.86 bits per heavy atom. The zero-order chi connectivity index (χ0) is 15.0. The number of hydrogen-bond acceptors (Lipinski definition) is 4. The van der Waals surface area contributed by atoms with Crippen LogP contribution >= 0.6 is 0 Å². The van der Waals surface area contributed by atoms with Crippen LogP contribution in [0.15, 0.2) is 29.2 Å². The first-order valence-corrected chi connectivity index (χ1v) is 9.00. The van der Waals surface area contributed by atoms with E-state index in [4.69, 9.17) is 0 Å². The quantitative estimate of drug-likeness (QED) is 0.887. The minimum absolute atomic E-state index is 0.311. The zero-order valence-corrected chi connectivity index (χ0v) is 13.4. The van der Waals surface area contributed by atoms with Crippen LogP contribution in [-0.2, 0) is 10.0 Å². The van der Waals surface area contributed by atoms with Gasteiger partial charge in [-0.2, -0.15) is 0 Å². The summed E-state index contributed by atoms with van der Waals surface area (Å²) in [5.74, 6) is 0. The van der Waals surface area contributed by atoms with Crippen LogP contribution < -0.4 is 10.0 Å². The van der Waals surface area contributed by atoms with E-state index in [1.54, 1.807) is 18.2 Å². The van der Waals surface area contributed by atoms with Crippen LogP contribution in [0, 0.1) is 0 Å². The average molecular weight is 309 g/mol. The lowest BCUT2D eigenvalue weighted by molar-refractivity contribution is 0.169. The molecule has 2 unspecified atom stereocenters. The number of hydrogen-bond donors (Lipinski definition) is 2. The van der Waals surface area contributed by atoms with Gasteiger partial charge in [0.25, 0.3) is 0 Å². The van der Waals surface area contributed by atoms with Gasteiger partial charge in [0.2, 0.25) is 10.0 Å². The number of nitrogens with one attached hydrogen (secondary N) is 2. The van der Waals surface area contributed by atoms with E-state index in [1.807, 2.05) is 6.07 Å². The maximum absolute atomic E-state index is 11.9. The molecule has 3 rings (SSSR count). The first-order chi connectivity index (χ1) is 9.99. The van der Waals surface area contributed by atoms with Crippen molar-refractivity contribution in [3.8, 4) is 0 Å². The van der Waals surface area contributed by atoms with Crippen LogP contribution in [0.5, 0.6) is 0 Å². The largest absolute Gasteiger partial charge is 0.382 e. The first-order valence-electron chi connectivity index (χ1n) is 7.51. The molecular formula is C15H23N3O2S. The van der Waals surface area contributed by atoms with Crippen LogP contribution in [0.1, 0.15) is 25.7 Å². The van der Waals surface area contributed by atoms with Gasteiger partial charge in [0, 0.05) is 23.8 Å². The van der Waals surface area contributed by atoms with Gasteiger partial charge in [0.15, 0.2) is 0 Å². The molecule has 2 atom stereocenters. The van der Waals surface area contributed by atoms with E-state index in [-0.39, 0.29) is 0 Å². The summed E-state index contributed by atoms with van der Waals surface area (Å²) in [5.41, 5.74) is 0.889. The van der Waals surface area contributed by atoms with Gasteiger partial charge in [0.1, 0.15) is 0 Å². The van der Waals surface area contributed by atoms with Crippen LogP contribution in [-0.4, -0.2) is 45.5 Å². The number of rotatable bonds is 4. The molecule has 2 heterocycles. The molecule has 2 saturated heterocycles. The Labute approximate surface area is 126 Å². The molecule has 0 spiro atoms. The van der Waals surface area contributed by atoms with Gasteiger partial charge in [0.05, 0.1) is 4.90 Å². The van der Waals surface area contributed by atoms with E-state index < -0.39 is 10.0 Å². The fourth-order valence-corrected chi connectivity index (χ4v) is 4.41. The van der Waals surface area contributed by atoms with E-state index in [0.717, 1.165) is 18.5 Å². The van der Waals surface area contributed by atoms with Gasteiger partial charge < -0.3 is 10.2 Å². The highest BCUT2D eigenvalue weighted by molar-refractivity contribution is 7.89. The molecule has 2 aliphatic heterocycles. The van der Waals surface area contributed by atoms with Crippen LogP contribution in [0.3, 0.4) is 0 Å². The van der Waals surface area contributed by atoms with Crippen molar-refractivity contribution in [2.24, 2.45) is 0 Å². The van der Waals surface area contributed by atoms with Crippen molar-refractivity contribution in [2.75, 3.05) is 19.4 Å². The number of fused-ring (bicyclic) bond motifs is 2. The SMILES string of the molecule is CNS(=O)(=O)c1cccc(NC2CC3CCC(C2)N3C)c1. The van der Waals surface area contributed by atoms with Crippen molar-refractivity contribution >= 4 is 15.7 Å². The third kappa shape index (κ3) is 2.93. The topological polar surface area (TPSA) is 61.4 Å². The summed E-state index contributed by atoms with van der Waals surface area (Å²) in [5, 5.41) is 3.52. The Hall–Kier alpha value is -1.11. The second-order valence-electron chi connectivity index (χ2n) is 6.10. The molecule has 2 bridgehead atoms. The lowest BCUT2D eigenvalue weighted by Crippen LogP contribution is -2.44. The number of piperidine rings is 1. The predicted octanol–water partition coefficient (Wildman–Crippen LogP) is 1.63. The van der Waals surface area contributed by atoms with Crippen LogP contribution in [0.2, 0.25) is 0 Å². The van der Waals surface area contributed by atoms with E-state index in [0.29, 0.717) is 23.0 Å². The molecule has 0 amide bonds. The number of benzene rings is 1. The smallest absolute Gasteiger partial charge is 0.240 e. The monoisotopic (exact) mass is 309 g/mol. The fraction of sp³-hybridized carbons (Fsp3) is 0.600. The Bertz CT molecular complexity index is 603. The Morgan fingerprint density at radius 3 is 2.48 bits per heavy atom. The van der Waals surface area contributed by atoms with Crippen molar-refractivity contribution in [3.63, 3.8) is 0 Å². The molecule has 1 aromatic carbocycles. The highest BCUT2D eigenvalue weighted by atomic mass is 32.2. The third-order valence-electron chi connectivity index (χ3n) is 4.88. The predicted molar refractivity (Wildman–Crippen MR) is 83.9 cm³/mol. The van der Waals surface area contributed by atoms with Gasteiger partial charge in [-0.15, -0.1) is 0 Å². The molecule has 5 nitrogen and oxygen atoms in total. The molecule has 6 heteroatoms. The molecule has 2 fully saturated rings. The first kappa shape index (κ1) is 14.8. The van der Waals surface area contributed by atoms with Crippen molar-refractivity contribution in [3.05, 3.63) is 24.3 Å². The number of anilines is 1. The fourth-order valence-electron chi connectivity index (χ4n) is 3.64. The van der Waals surface area contributed by atoms with Gasteiger partial charge in [-0.1, -0.05) is 6.07 Å². The lowest BCUT2D eigenvalue weighted by atomic mass is 9.98. The summed E-state index contributed by atoms with van der Waals surface area (Å²) in [6.07, 6.45) is 4.84. The van der Waals surface area contributed by atoms with E-state index in [1.165, 1.54) is 19.9 Å². The van der Waals surface area contributed by atoms with E-state index >= 15 is 0 Å². The molecule has 116 valence electrons. The molecule has 21 heavy (non-hydrogen) atoms. The highest BCUT2D eigenvalue weighted by Gasteiger charge is 2.38. The molecule has 0 aromatic heterocycles. The Balaban J connectivity index is 1.73. The molecule has 2 aliphatic rings. The summed E-state index contributed by atoms with van der Waals surface area (Å²) >= 11 is 0. The average Bonchev–Trinajstić information content (AvgIpc) is 2.70. The Morgan fingerprint density at radius 1 is 1.19 bits per heavy atom. The molecular weight excluding hydrogens is 286 g/mol. The van der Waals surface area contributed by atoms with E-state index in [9.17, 15) is 8.42 Å². The van der Waals surface area contributed by atoms with Gasteiger partial charge in [-0.25, -0.2) is 13.1 Å². The third-order valence-corrected chi connectivity index (χ3v) is 6.29. The van der Waals surface area contributed by atoms with Crippen LogP contribution in [0.25, 0.3) is 0 Å². The summed E-state index contributed by atoms with van der Waals surface area (Å²) in [4.78, 5) is 2.81. The lowest BCUT2D eigenvalue weighted by Gasteiger charge is -2.37. The van der Waals surface area contributed by atoms with E-state index in [2.05, 4.69) is 22.0 Å². The molecule has 1 aromatic rings. The second kappa shape index (κ2) is 5.59. The molecule has 0 saturated carbocycles. The van der Waals surface area contributed by atoms with Crippen molar-refractivity contribution in [1.82, 2.24) is 9.62 Å². The normalized spacial score (nSPS) is 29.5. The number of nitrogens with zero attached hydrogens (tertiary/aromatic N) is 1. The minimum atomic E-state index is -3.38. The van der Waals surface area contributed by atoms with Gasteiger partial charge in [-0.3, -0.25) is 0 Å². The molecule has 2 N–H and O–H groups in total. The minimum Gasteiger partial charge on any atom is -0.382 e. The standard InChI is InChI=1S/C15H23N3O2S/c1-16-21(19,20)15-5-3-4-11(10-15)17-12-8-13-6-7-14(9-12)18(13)2/h3-5,10,12-14,16-17H,6-9H2,1-2H3. The number of sulfonamides is 1. The summed E-state index contributed by atoms with van der Waals surface area (Å²) < 4.78 is 26.1. The summed E-state index contributed by atoms with van der Waals surface area (Å²) in [7, 11) is 0.278. The van der Waals surface area contributed by atoms with Crippen molar-refractivity contribution in [2.45, 2.75) is 48.7 Å². The second-order valence-corrected chi connectivity index (χ2v) is 7.99. The Kier molecular flexibility index (Phi) is 3.94. The van der Waals surface area contributed by atoms with Crippen molar-refractivity contribution in [1.29, 1.82) is 0 Å². The summed E-state index contributed by atoms with van der Waals surface area (Å²) in [6.45, 7) is 0. The molecule has 0 radical (unpaired) electrons. The maximum Gasteiger partial charge on any atom is 0.240 e. The van der Waals surface area contributed by atoms with Crippen molar-refractivity contribution < 1.29 is 8.42 Å².